The Morgan fingerprint density at radius 2 is 2.12 bits per heavy atom. The highest BCUT2D eigenvalue weighted by atomic mass is 14.2. The zero-order valence-electron chi connectivity index (χ0n) is 5.41. The molecule has 0 unspecified atom stereocenters. The largest absolute Gasteiger partial charge is 0.104 e. The van der Waals surface area contributed by atoms with E-state index in [0.717, 1.165) is 18.8 Å². The van der Waals surface area contributed by atoms with Crippen molar-refractivity contribution in [2.45, 2.75) is 32.6 Å². The fourth-order valence-corrected chi connectivity index (χ4v) is 0.663. The van der Waals surface area contributed by atoms with Gasteiger partial charge in [-0.25, -0.2) is 0 Å². The molecule has 1 rings (SSSR count). The van der Waals surface area contributed by atoms with E-state index in [2.05, 4.69) is 18.8 Å². The molecule has 0 saturated heterocycles. The average Bonchev–Trinajstić information content (AvgIpc) is 2.51. The first-order valence-corrected chi connectivity index (χ1v) is 3.39. The molecule has 1 aliphatic carbocycles. The molecule has 0 atom stereocenters. The van der Waals surface area contributed by atoms with E-state index in [1.807, 2.05) is 0 Å². The van der Waals surface area contributed by atoms with E-state index in [-0.39, 0.29) is 0 Å². The van der Waals surface area contributed by atoms with Gasteiger partial charge in [0.2, 0.25) is 0 Å². The summed E-state index contributed by atoms with van der Waals surface area (Å²) in [5, 5.41) is 0. The zero-order valence-corrected chi connectivity index (χ0v) is 5.41. The highest BCUT2D eigenvalue weighted by Gasteiger charge is 2.18. The van der Waals surface area contributed by atoms with Crippen molar-refractivity contribution in [1.29, 1.82) is 0 Å². The van der Waals surface area contributed by atoms with Crippen molar-refractivity contribution in [3.05, 3.63) is 0 Å². The van der Waals surface area contributed by atoms with E-state index in [1.54, 1.807) is 0 Å². The lowest BCUT2D eigenvalue weighted by atomic mass is 10.3. The van der Waals surface area contributed by atoms with Crippen molar-refractivity contribution in [3.8, 4) is 11.8 Å². The third kappa shape index (κ3) is 2.02. The number of rotatable bonds is 1. The van der Waals surface area contributed by atoms with Crippen molar-refractivity contribution >= 4 is 0 Å². The maximum absolute atomic E-state index is 3.15. The lowest BCUT2D eigenvalue weighted by Crippen LogP contribution is -1.67. The molecule has 0 amide bonds. The van der Waals surface area contributed by atoms with Crippen LogP contribution in [-0.4, -0.2) is 0 Å². The van der Waals surface area contributed by atoms with Crippen LogP contribution in [0.25, 0.3) is 0 Å². The second-order valence-electron chi connectivity index (χ2n) is 2.35. The lowest BCUT2D eigenvalue weighted by Gasteiger charge is -1.77. The molecule has 0 radical (unpaired) electrons. The molecular weight excluding hydrogens is 96.1 g/mol. The summed E-state index contributed by atoms with van der Waals surface area (Å²) in [6.45, 7) is 2.10. The van der Waals surface area contributed by atoms with Crippen LogP contribution in [0.1, 0.15) is 32.6 Å². The molecule has 1 fully saturated rings. The minimum atomic E-state index is 0.981. The van der Waals surface area contributed by atoms with Crippen LogP contribution < -0.4 is 0 Å². The Labute approximate surface area is 51.3 Å². The maximum Gasteiger partial charge on any atom is 0.0117 e. The molecule has 0 heterocycles. The Hall–Kier alpha value is -0.440. The van der Waals surface area contributed by atoms with Gasteiger partial charge in [0.15, 0.2) is 0 Å². The summed E-state index contributed by atoms with van der Waals surface area (Å²) in [4.78, 5) is 0. The van der Waals surface area contributed by atoms with Gasteiger partial charge in [-0.05, 0) is 18.8 Å². The summed E-state index contributed by atoms with van der Waals surface area (Å²) in [6.07, 6.45) is 5.04. The Balaban J connectivity index is 2.01. The third-order valence-corrected chi connectivity index (χ3v) is 1.39. The van der Waals surface area contributed by atoms with Crippen molar-refractivity contribution in [3.63, 3.8) is 0 Å². The van der Waals surface area contributed by atoms with Crippen molar-refractivity contribution in [2.75, 3.05) is 0 Å². The molecule has 1 aliphatic rings. The molecule has 0 aliphatic heterocycles. The number of hydrogen-bond acceptors (Lipinski definition) is 0. The topological polar surface area (TPSA) is 0 Å². The Kier molecular flexibility index (Phi) is 1.97. The van der Waals surface area contributed by atoms with Gasteiger partial charge < -0.3 is 0 Å². The van der Waals surface area contributed by atoms with Gasteiger partial charge >= 0.3 is 0 Å². The smallest absolute Gasteiger partial charge is 0.0117 e. The van der Waals surface area contributed by atoms with Crippen LogP contribution in [0.3, 0.4) is 0 Å². The first-order valence-electron chi connectivity index (χ1n) is 3.39. The molecule has 0 N–H and O–H groups in total. The van der Waals surface area contributed by atoms with Gasteiger partial charge in [-0.15, -0.1) is 11.8 Å². The Morgan fingerprint density at radius 1 is 1.38 bits per heavy atom. The molecule has 44 valence electrons. The quantitative estimate of drug-likeness (QED) is 0.452. The van der Waals surface area contributed by atoms with E-state index >= 15 is 0 Å². The van der Waals surface area contributed by atoms with Gasteiger partial charge in [0, 0.05) is 12.8 Å². The van der Waals surface area contributed by atoms with Crippen molar-refractivity contribution in [1.82, 2.24) is 0 Å². The first kappa shape index (κ1) is 5.69. The van der Waals surface area contributed by atoms with E-state index in [4.69, 9.17) is 0 Å². The van der Waals surface area contributed by atoms with Gasteiger partial charge in [-0.1, -0.05) is 6.92 Å². The van der Waals surface area contributed by atoms with Crippen LogP contribution in [0.4, 0.5) is 0 Å². The van der Waals surface area contributed by atoms with Crippen LogP contribution in [0, 0.1) is 17.8 Å². The van der Waals surface area contributed by atoms with Crippen LogP contribution in [0.5, 0.6) is 0 Å². The highest BCUT2D eigenvalue weighted by molar-refractivity contribution is 5.01. The molecule has 0 spiro atoms. The van der Waals surface area contributed by atoms with Crippen molar-refractivity contribution in [2.24, 2.45) is 5.92 Å². The van der Waals surface area contributed by atoms with Gasteiger partial charge in [-0.2, -0.15) is 0 Å². The van der Waals surface area contributed by atoms with Gasteiger partial charge in [-0.3, -0.25) is 0 Å². The molecule has 0 heteroatoms. The molecule has 0 bridgehead atoms. The maximum atomic E-state index is 3.15. The molecular formula is C8H12. The minimum Gasteiger partial charge on any atom is -0.104 e. The van der Waals surface area contributed by atoms with Gasteiger partial charge in [0.1, 0.15) is 0 Å². The van der Waals surface area contributed by atoms with E-state index in [9.17, 15) is 0 Å². The van der Waals surface area contributed by atoms with E-state index in [0.29, 0.717) is 0 Å². The fraction of sp³-hybridized carbons (Fsp3) is 0.750. The predicted molar refractivity (Wildman–Crippen MR) is 35.4 cm³/mol. The summed E-state index contributed by atoms with van der Waals surface area (Å²) in [6, 6.07) is 0. The minimum absolute atomic E-state index is 0.981. The Bertz CT molecular complexity index is 110. The van der Waals surface area contributed by atoms with Crippen molar-refractivity contribution < 1.29 is 0 Å². The average molecular weight is 108 g/mol. The predicted octanol–water partition coefficient (Wildman–Crippen LogP) is 2.20. The highest BCUT2D eigenvalue weighted by Crippen LogP contribution is 2.31. The summed E-state index contributed by atoms with van der Waals surface area (Å²) in [5.41, 5.74) is 0. The van der Waals surface area contributed by atoms with E-state index in [1.165, 1.54) is 12.8 Å². The first-order chi connectivity index (χ1) is 3.93. The van der Waals surface area contributed by atoms with E-state index < -0.39 is 0 Å². The standard InChI is InChI=1S/C8H12/c1-2-3-4-5-8-6-7-8/h8H,2,5-7H2,1H3. The summed E-state index contributed by atoms with van der Waals surface area (Å²) in [7, 11) is 0. The normalized spacial score (nSPS) is 17.1. The monoisotopic (exact) mass is 108 g/mol. The Morgan fingerprint density at radius 3 is 2.62 bits per heavy atom. The van der Waals surface area contributed by atoms with Crippen LogP contribution in [-0.2, 0) is 0 Å². The second-order valence-corrected chi connectivity index (χ2v) is 2.35. The molecule has 0 aromatic rings. The summed E-state index contributed by atoms with van der Waals surface area (Å²) < 4.78 is 0. The molecule has 0 aromatic carbocycles. The lowest BCUT2D eigenvalue weighted by molar-refractivity contribution is 0.883. The number of hydrogen-bond donors (Lipinski definition) is 0. The summed E-state index contributed by atoms with van der Waals surface area (Å²) in [5.74, 6) is 7.20. The summed E-state index contributed by atoms with van der Waals surface area (Å²) >= 11 is 0. The fourth-order valence-electron chi connectivity index (χ4n) is 0.663. The zero-order chi connectivity index (χ0) is 5.82. The van der Waals surface area contributed by atoms with Gasteiger partial charge in [0.05, 0.1) is 0 Å². The molecule has 0 nitrogen and oxygen atoms in total. The van der Waals surface area contributed by atoms with Gasteiger partial charge in [0.25, 0.3) is 0 Å². The molecule has 1 saturated carbocycles. The third-order valence-electron chi connectivity index (χ3n) is 1.39. The molecule has 0 aromatic heterocycles. The van der Waals surface area contributed by atoms with Crippen LogP contribution >= 0.6 is 0 Å². The second kappa shape index (κ2) is 2.77. The SMILES string of the molecule is CCC#CCC1CC1. The van der Waals surface area contributed by atoms with Crippen LogP contribution in [0.2, 0.25) is 0 Å². The molecule has 8 heavy (non-hydrogen) atoms. The van der Waals surface area contributed by atoms with Crippen LogP contribution in [0.15, 0.2) is 0 Å².